The number of amides is 1. The molecule has 3 aromatic rings. The highest BCUT2D eigenvalue weighted by Crippen LogP contribution is 2.33. The molecular formula is C22H26N4O3. The molecule has 0 saturated carbocycles. The van der Waals surface area contributed by atoms with Gasteiger partial charge < -0.3 is 19.1 Å². The zero-order chi connectivity index (χ0) is 20.5. The van der Waals surface area contributed by atoms with Crippen molar-refractivity contribution in [3.05, 3.63) is 47.8 Å². The van der Waals surface area contributed by atoms with E-state index in [0.29, 0.717) is 17.8 Å². The van der Waals surface area contributed by atoms with Gasteiger partial charge in [0.15, 0.2) is 0 Å². The Labute approximate surface area is 170 Å². The lowest BCUT2D eigenvalue weighted by Crippen LogP contribution is -2.46. The average molecular weight is 394 g/mol. The SMILES string of the molecule is CCN1C[C@@H](CN(C)C(=O)c2cnc3onc(C(C)C)c3c2)Oc2ccccc21. The molecule has 1 aromatic carbocycles. The van der Waals surface area contributed by atoms with Crippen LogP contribution >= 0.6 is 0 Å². The zero-order valence-electron chi connectivity index (χ0n) is 17.3. The van der Waals surface area contributed by atoms with Crippen LogP contribution in [0.1, 0.15) is 42.7 Å². The molecule has 152 valence electrons. The number of carbonyl (C=O) groups excluding carboxylic acids is 1. The van der Waals surface area contributed by atoms with Crippen molar-refractivity contribution in [1.82, 2.24) is 15.0 Å². The number of aromatic nitrogens is 2. The summed E-state index contributed by atoms with van der Waals surface area (Å²) in [5.74, 6) is 0.957. The summed E-state index contributed by atoms with van der Waals surface area (Å²) in [5.41, 5.74) is 2.89. The molecule has 0 saturated heterocycles. The molecule has 0 aliphatic carbocycles. The van der Waals surface area contributed by atoms with Crippen LogP contribution in [0.15, 0.2) is 41.1 Å². The zero-order valence-corrected chi connectivity index (χ0v) is 17.3. The molecule has 0 unspecified atom stereocenters. The van der Waals surface area contributed by atoms with Crippen LogP contribution < -0.4 is 9.64 Å². The number of hydrogen-bond acceptors (Lipinski definition) is 6. The lowest BCUT2D eigenvalue weighted by molar-refractivity contribution is 0.0709. The van der Waals surface area contributed by atoms with Gasteiger partial charge in [0.1, 0.15) is 11.9 Å². The van der Waals surface area contributed by atoms with E-state index < -0.39 is 0 Å². The molecule has 2 aromatic heterocycles. The van der Waals surface area contributed by atoms with Gasteiger partial charge in [-0.3, -0.25) is 4.79 Å². The van der Waals surface area contributed by atoms with Crippen molar-refractivity contribution in [3.8, 4) is 5.75 Å². The van der Waals surface area contributed by atoms with Crippen molar-refractivity contribution in [2.24, 2.45) is 0 Å². The minimum Gasteiger partial charge on any atom is -0.485 e. The van der Waals surface area contributed by atoms with E-state index in [9.17, 15) is 4.79 Å². The Kier molecular flexibility index (Phi) is 5.13. The van der Waals surface area contributed by atoms with Crippen LogP contribution in [0, 0.1) is 0 Å². The van der Waals surface area contributed by atoms with Gasteiger partial charge in [-0.05, 0) is 31.0 Å². The Morgan fingerprint density at radius 2 is 2.14 bits per heavy atom. The monoisotopic (exact) mass is 394 g/mol. The van der Waals surface area contributed by atoms with Crippen molar-refractivity contribution >= 4 is 22.7 Å². The molecule has 1 amide bonds. The lowest BCUT2D eigenvalue weighted by atomic mass is 10.1. The van der Waals surface area contributed by atoms with E-state index in [1.54, 1.807) is 18.1 Å². The molecule has 0 fully saturated rings. The summed E-state index contributed by atoms with van der Waals surface area (Å²) in [6, 6.07) is 9.85. The largest absolute Gasteiger partial charge is 0.485 e. The maximum atomic E-state index is 13.0. The Balaban J connectivity index is 1.51. The Hall–Kier alpha value is -3.09. The first-order valence-corrected chi connectivity index (χ1v) is 9.99. The number of ether oxygens (including phenoxy) is 1. The van der Waals surface area contributed by atoms with Crippen LogP contribution in [-0.4, -0.2) is 53.7 Å². The number of pyridine rings is 1. The quantitative estimate of drug-likeness (QED) is 0.657. The van der Waals surface area contributed by atoms with Gasteiger partial charge >= 0.3 is 0 Å². The summed E-state index contributed by atoms with van der Waals surface area (Å²) in [6.45, 7) is 8.32. The van der Waals surface area contributed by atoms with Crippen molar-refractivity contribution in [2.45, 2.75) is 32.8 Å². The number of rotatable bonds is 5. The van der Waals surface area contributed by atoms with E-state index >= 15 is 0 Å². The Bertz CT molecular complexity index is 1030. The van der Waals surface area contributed by atoms with Gasteiger partial charge in [-0.2, -0.15) is 0 Å². The fourth-order valence-electron chi connectivity index (χ4n) is 3.77. The summed E-state index contributed by atoms with van der Waals surface area (Å²) < 4.78 is 11.4. The molecule has 1 atom stereocenters. The lowest BCUT2D eigenvalue weighted by Gasteiger charge is -2.37. The molecular weight excluding hydrogens is 368 g/mol. The highest BCUT2D eigenvalue weighted by atomic mass is 16.5. The van der Waals surface area contributed by atoms with Crippen LogP contribution in [0.2, 0.25) is 0 Å². The number of nitrogens with zero attached hydrogens (tertiary/aromatic N) is 4. The third kappa shape index (κ3) is 3.64. The molecule has 1 aliphatic rings. The summed E-state index contributed by atoms with van der Waals surface area (Å²) in [6.07, 6.45) is 1.45. The highest BCUT2D eigenvalue weighted by Gasteiger charge is 2.27. The second-order valence-electron chi connectivity index (χ2n) is 7.73. The second kappa shape index (κ2) is 7.73. The number of anilines is 1. The third-order valence-electron chi connectivity index (χ3n) is 5.28. The maximum Gasteiger partial charge on any atom is 0.257 e. The fourth-order valence-corrected chi connectivity index (χ4v) is 3.77. The molecule has 7 nitrogen and oxygen atoms in total. The Morgan fingerprint density at radius 1 is 1.34 bits per heavy atom. The smallest absolute Gasteiger partial charge is 0.257 e. The summed E-state index contributed by atoms with van der Waals surface area (Å²) in [4.78, 5) is 21.3. The van der Waals surface area contributed by atoms with Gasteiger partial charge in [0, 0.05) is 19.8 Å². The fraction of sp³-hybridized carbons (Fsp3) is 0.409. The van der Waals surface area contributed by atoms with E-state index in [1.807, 2.05) is 38.1 Å². The van der Waals surface area contributed by atoms with Crippen LogP contribution in [0.25, 0.3) is 11.1 Å². The number of fused-ring (bicyclic) bond motifs is 2. The molecule has 0 spiro atoms. The molecule has 0 N–H and O–H groups in total. The predicted octanol–water partition coefficient (Wildman–Crippen LogP) is 3.71. The van der Waals surface area contributed by atoms with E-state index in [0.717, 1.165) is 35.6 Å². The van der Waals surface area contributed by atoms with Gasteiger partial charge in [0.25, 0.3) is 11.6 Å². The first kappa shape index (κ1) is 19.2. The van der Waals surface area contributed by atoms with Crippen LogP contribution in [0.4, 0.5) is 5.69 Å². The third-order valence-corrected chi connectivity index (χ3v) is 5.28. The number of para-hydroxylation sites is 2. The highest BCUT2D eigenvalue weighted by molar-refractivity contribution is 5.97. The summed E-state index contributed by atoms with van der Waals surface area (Å²) in [5, 5.41) is 4.88. The van der Waals surface area contributed by atoms with E-state index in [-0.39, 0.29) is 17.9 Å². The van der Waals surface area contributed by atoms with E-state index in [1.165, 1.54) is 0 Å². The first-order chi connectivity index (χ1) is 14.0. The molecule has 0 radical (unpaired) electrons. The summed E-state index contributed by atoms with van der Waals surface area (Å²) in [7, 11) is 1.80. The van der Waals surface area contributed by atoms with Crippen molar-refractivity contribution in [2.75, 3.05) is 31.6 Å². The first-order valence-electron chi connectivity index (χ1n) is 9.99. The van der Waals surface area contributed by atoms with Crippen molar-refractivity contribution < 1.29 is 14.1 Å². The molecule has 3 heterocycles. The van der Waals surface area contributed by atoms with Crippen molar-refractivity contribution in [3.63, 3.8) is 0 Å². The predicted molar refractivity (Wildman–Crippen MR) is 112 cm³/mol. The number of hydrogen-bond donors (Lipinski definition) is 0. The maximum absolute atomic E-state index is 13.0. The van der Waals surface area contributed by atoms with Gasteiger partial charge in [0.2, 0.25) is 0 Å². The van der Waals surface area contributed by atoms with Crippen molar-refractivity contribution in [1.29, 1.82) is 0 Å². The minimum atomic E-state index is -0.0997. The normalized spacial score (nSPS) is 16.0. The molecule has 1 aliphatic heterocycles. The topological polar surface area (TPSA) is 71.7 Å². The standard InChI is InChI=1S/C22H26N4O3/c1-5-26-13-16(28-19-9-7-6-8-18(19)26)12-25(4)22(27)15-10-17-20(14(2)3)24-29-21(17)23-11-15/h6-11,14,16H,5,12-13H2,1-4H3/t16-/m1/s1. The van der Waals surface area contributed by atoms with Crippen LogP contribution in [-0.2, 0) is 0 Å². The number of carbonyl (C=O) groups is 1. The molecule has 7 heteroatoms. The van der Waals surface area contributed by atoms with Gasteiger partial charge in [-0.1, -0.05) is 31.1 Å². The molecule has 4 rings (SSSR count). The second-order valence-corrected chi connectivity index (χ2v) is 7.73. The summed E-state index contributed by atoms with van der Waals surface area (Å²) >= 11 is 0. The molecule has 0 bridgehead atoms. The number of benzene rings is 1. The minimum absolute atomic E-state index is 0.0965. The van der Waals surface area contributed by atoms with Gasteiger partial charge in [-0.15, -0.1) is 0 Å². The average Bonchev–Trinajstić information content (AvgIpc) is 3.16. The number of likely N-dealkylation sites (N-methyl/N-ethyl adjacent to an activating group) is 2. The van der Waals surface area contributed by atoms with Gasteiger partial charge in [-0.25, -0.2) is 4.98 Å². The van der Waals surface area contributed by atoms with Crippen LogP contribution in [0.3, 0.4) is 0 Å². The van der Waals surface area contributed by atoms with Gasteiger partial charge in [0.05, 0.1) is 35.4 Å². The van der Waals surface area contributed by atoms with E-state index in [4.69, 9.17) is 9.26 Å². The molecule has 29 heavy (non-hydrogen) atoms. The van der Waals surface area contributed by atoms with Crippen LogP contribution in [0.5, 0.6) is 5.75 Å². The Morgan fingerprint density at radius 3 is 2.90 bits per heavy atom. The van der Waals surface area contributed by atoms with E-state index in [2.05, 4.69) is 28.0 Å².